The van der Waals surface area contributed by atoms with Gasteiger partial charge in [0.25, 0.3) is 0 Å². The molecule has 1 aromatic heterocycles. The lowest BCUT2D eigenvalue weighted by Crippen LogP contribution is -2.45. The van der Waals surface area contributed by atoms with Gasteiger partial charge in [-0.1, -0.05) is 6.92 Å². The third-order valence-corrected chi connectivity index (χ3v) is 4.51. The highest BCUT2D eigenvalue weighted by Crippen LogP contribution is 2.37. The minimum absolute atomic E-state index is 0.162. The average molecular weight is 277 g/mol. The Morgan fingerprint density at radius 1 is 1.10 bits per heavy atom. The summed E-state index contributed by atoms with van der Waals surface area (Å²) in [6, 6.07) is 0. The van der Waals surface area contributed by atoms with Gasteiger partial charge in [0.05, 0.1) is 0 Å². The highest BCUT2D eigenvalue weighted by Gasteiger charge is 2.36. The zero-order chi connectivity index (χ0) is 14.0. The fraction of sp³-hybridized carbons (Fsp3) is 0.769. The second kappa shape index (κ2) is 5.40. The molecule has 2 aliphatic rings. The molecule has 2 fully saturated rings. The van der Waals surface area contributed by atoms with Crippen LogP contribution in [-0.4, -0.2) is 33.6 Å². The lowest BCUT2D eigenvalue weighted by Gasteiger charge is -2.42. The molecule has 2 heterocycles. The summed E-state index contributed by atoms with van der Waals surface area (Å²) in [6.45, 7) is 4.22. The maximum atomic E-state index is 5.48. The number of nitrogens with two attached hydrogens (primary N) is 1. The number of rotatable bonds is 5. The Morgan fingerprint density at radius 2 is 1.80 bits per heavy atom. The first kappa shape index (κ1) is 13.4. The summed E-state index contributed by atoms with van der Waals surface area (Å²) >= 11 is 0. The second-order valence-electron chi connectivity index (χ2n) is 5.73. The monoisotopic (exact) mass is 277 g/mol. The van der Waals surface area contributed by atoms with Crippen LogP contribution in [-0.2, 0) is 0 Å². The molecule has 3 rings (SSSR count). The fourth-order valence-corrected chi connectivity index (χ4v) is 2.95. The summed E-state index contributed by atoms with van der Waals surface area (Å²) in [5.41, 5.74) is 2.70. The van der Waals surface area contributed by atoms with Crippen molar-refractivity contribution in [3.8, 4) is 0 Å². The second-order valence-corrected chi connectivity index (χ2v) is 5.73. The van der Waals surface area contributed by atoms with E-state index in [4.69, 9.17) is 5.84 Å². The predicted octanol–water partition coefficient (Wildman–Crippen LogP) is 1.50. The fourth-order valence-electron chi connectivity index (χ4n) is 2.95. The number of nitrogens with zero attached hydrogens (tertiary/aromatic N) is 4. The molecule has 0 aromatic carbocycles. The predicted molar refractivity (Wildman–Crippen MR) is 79.6 cm³/mol. The standard InChI is InChI=1S/C13H23N7/c1-2-13(6-5-7-13)18-10-15-11(19-14)17-12(16-10)20-8-3-4-9-20/h2-9,14H2,1H3,(H2,15,16,17,18,19). The van der Waals surface area contributed by atoms with E-state index in [9.17, 15) is 0 Å². The molecule has 1 aliphatic heterocycles. The molecule has 1 saturated carbocycles. The third-order valence-electron chi connectivity index (χ3n) is 4.51. The van der Waals surface area contributed by atoms with Crippen LogP contribution in [0.4, 0.5) is 17.8 Å². The number of nitrogens with one attached hydrogen (secondary N) is 2. The molecule has 110 valence electrons. The summed E-state index contributed by atoms with van der Waals surface area (Å²) < 4.78 is 0. The Kier molecular flexibility index (Phi) is 3.60. The van der Waals surface area contributed by atoms with Crippen LogP contribution in [0.1, 0.15) is 45.4 Å². The molecule has 1 saturated heterocycles. The lowest BCUT2D eigenvalue weighted by atomic mass is 9.75. The summed E-state index contributed by atoms with van der Waals surface area (Å²) in [7, 11) is 0. The first-order valence-corrected chi connectivity index (χ1v) is 7.50. The van der Waals surface area contributed by atoms with E-state index >= 15 is 0 Å². The van der Waals surface area contributed by atoms with E-state index in [-0.39, 0.29) is 5.54 Å². The largest absolute Gasteiger partial charge is 0.349 e. The van der Waals surface area contributed by atoms with Crippen LogP contribution in [0.3, 0.4) is 0 Å². The van der Waals surface area contributed by atoms with Crippen molar-refractivity contribution in [2.45, 2.75) is 51.0 Å². The van der Waals surface area contributed by atoms with Gasteiger partial charge < -0.3 is 10.2 Å². The van der Waals surface area contributed by atoms with Crippen LogP contribution >= 0.6 is 0 Å². The van der Waals surface area contributed by atoms with Gasteiger partial charge in [0.2, 0.25) is 17.8 Å². The quantitative estimate of drug-likeness (QED) is 0.555. The van der Waals surface area contributed by atoms with Crippen molar-refractivity contribution in [1.29, 1.82) is 0 Å². The van der Waals surface area contributed by atoms with Gasteiger partial charge >= 0.3 is 0 Å². The van der Waals surface area contributed by atoms with Crippen LogP contribution in [0.25, 0.3) is 0 Å². The normalized spacial score (nSPS) is 20.6. The molecule has 0 atom stereocenters. The molecule has 0 radical (unpaired) electrons. The molecule has 0 spiro atoms. The minimum Gasteiger partial charge on any atom is -0.349 e. The topological polar surface area (TPSA) is 92.0 Å². The Bertz CT molecular complexity index is 460. The van der Waals surface area contributed by atoms with Crippen LogP contribution in [0.2, 0.25) is 0 Å². The number of hydrogen-bond donors (Lipinski definition) is 3. The highest BCUT2D eigenvalue weighted by molar-refractivity contribution is 5.45. The molecule has 4 N–H and O–H groups in total. The number of nitrogen functional groups attached to an aromatic ring is 1. The summed E-state index contributed by atoms with van der Waals surface area (Å²) in [4.78, 5) is 15.5. The van der Waals surface area contributed by atoms with Crippen molar-refractivity contribution in [1.82, 2.24) is 15.0 Å². The first-order valence-electron chi connectivity index (χ1n) is 7.50. The third kappa shape index (κ3) is 2.49. The SMILES string of the molecule is CCC1(Nc2nc(NN)nc(N3CCCC3)n2)CCC1. The zero-order valence-corrected chi connectivity index (χ0v) is 12.0. The Balaban J connectivity index is 1.83. The van der Waals surface area contributed by atoms with E-state index in [2.05, 4.69) is 37.5 Å². The molecule has 20 heavy (non-hydrogen) atoms. The van der Waals surface area contributed by atoms with Crippen LogP contribution in [0.5, 0.6) is 0 Å². The molecular formula is C13H23N7. The molecule has 7 heteroatoms. The van der Waals surface area contributed by atoms with Crippen molar-refractivity contribution >= 4 is 17.8 Å². The number of aromatic nitrogens is 3. The lowest BCUT2D eigenvalue weighted by molar-refractivity contribution is 0.268. The van der Waals surface area contributed by atoms with E-state index in [0.717, 1.165) is 25.5 Å². The molecule has 1 aliphatic carbocycles. The highest BCUT2D eigenvalue weighted by atomic mass is 15.4. The molecule has 1 aromatic rings. The van der Waals surface area contributed by atoms with Crippen molar-refractivity contribution < 1.29 is 0 Å². The Labute approximate surface area is 119 Å². The van der Waals surface area contributed by atoms with Gasteiger partial charge in [-0.2, -0.15) is 15.0 Å². The van der Waals surface area contributed by atoms with E-state index < -0.39 is 0 Å². The van der Waals surface area contributed by atoms with Gasteiger partial charge in [0.1, 0.15) is 0 Å². The van der Waals surface area contributed by atoms with Gasteiger partial charge in [-0.25, -0.2) is 5.84 Å². The zero-order valence-electron chi connectivity index (χ0n) is 12.0. The number of anilines is 3. The summed E-state index contributed by atoms with van der Waals surface area (Å²) in [5, 5.41) is 3.50. The molecule has 7 nitrogen and oxygen atoms in total. The summed E-state index contributed by atoms with van der Waals surface area (Å²) in [5.74, 6) is 7.26. The van der Waals surface area contributed by atoms with Crippen LogP contribution in [0, 0.1) is 0 Å². The van der Waals surface area contributed by atoms with Gasteiger partial charge in [0.15, 0.2) is 0 Å². The average Bonchev–Trinajstić information content (AvgIpc) is 2.96. The van der Waals surface area contributed by atoms with Crippen molar-refractivity contribution in [3.05, 3.63) is 0 Å². The van der Waals surface area contributed by atoms with Gasteiger partial charge in [-0.05, 0) is 38.5 Å². The molecule has 0 bridgehead atoms. The maximum absolute atomic E-state index is 5.48. The van der Waals surface area contributed by atoms with E-state index in [0.29, 0.717) is 11.9 Å². The number of hydrogen-bond acceptors (Lipinski definition) is 7. The smallest absolute Gasteiger partial charge is 0.243 e. The van der Waals surface area contributed by atoms with Crippen molar-refractivity contribution in [2.75, 3.05) is 28.7 Å². The van der Waals surface area contributed by atoms with Crippen LogP contribution < -0.4 is 21.5 Å². The van der Waals surface area contributed by atoms with Gasteiger partial charge in [-0.15, -0.1) is 0 Å². The Hall–Kier alpha value is -1.63. The minimum atomic E-state index is 0.162. The Morgan fingerprint density at radius 3 is 2.35 bits per heavy atom. The van der Waals surface area contributed by atoms with E-state index in [1.807, 2.05) is 0 Å². The molecule has 0 amide bonds. The number of hydrazine groups is 1. The van der Waals surface area contributed by atoms with Crippen LogP contribution in [0.15, 0.2) is 0 Å². The summed E-state index contributed by atoms with van der Waals surface area (Å²) in [6.07, 6.45) is 7.10. The maximum Gasteiger partial charge on any atom is 0.243 e. The van der Waals surface area contributed by atoms with E-state index in [1.165, 1.54) is 32.1 Å². The van der Waals surface area contributed by atoms with E-state index in [1.54, 1.807) is 0 Å². The van der Waals surface area contributed by atoms with Crippen molar-refractivity contribution in [3.63, 3.8) is 0 Å². The molecule has 0 unspecified atom stereocenters. The van der Waals surface area contributed by atoms with Gasteiger partial charge in [0, 0.05) is 18.6 Å². The first-order chi connectivity index (χ1) is 9.74. The molecular weight excluding hydrogens is 254 g/mol. The van der Waals surface area contributed by atoms with Crippen molar-refractivity contribution in [2.24, 2.45) is 5.84 Å². The van der Waals surface area contributed by atoms with Gasteiger partial charge in [-0.3, -0.25) is 5.43 Å².